The number of hydrogen-bond acceptors (Lipinski definition) is 6. The number of thiophene rings is 2. The van der Waals surface area contributed by atoms with Crippen LogP contribution >= 0.6 is 34.4 Å². The smallest absolute Gasteiger partial charge is 0.164 e. The number of fused-ring (bicyclic) bond motifs is 4. The number of aliphatic hydroxyl groups is 1. The summed E-state index contributed by atoms with van der Waals surface area (Å²) in [6.45, 7) is 27.3. The van der Waals surface area contributed by atoms with E-state index < -0.39 is 0 Å². The fraction of sp³-hybridized carbons (Fsp3) is 0.455. The monoisotopic (exact) mass is 919 g/mol. The van der Waals surface area contributed by atoms with Gasteiger partial charge in [-0.3, -0.25) is 4.79 Å². The molecular formula is C44H56IrNO2S3-. The average Bonchev–Trinajstić information content (AvgIpc) is 3.66. The van der Waals surface area contributed by atoms with Crippen molar-refractivity contribution in [3.05, 3.63) is 82.9 Å². The van der Waals surface area contributed by atoms with E-state index in [2.05, 4.69) is 83.0 Å². The number of carbonyl (C=O) groups is 1. The van der Waals surface area contributed by atoms with Gasteiger partial charge in [0.1, 0.15) is 5.76 Å². The first-order valence-corrected chi connectivity index (χ1v) is 20.6. The van der Waals surface area contributed by atoms with Gasteiger partial charge in [-0.05, 0) is 88.8 Å². The van der Waals surface area contributed by atoms with Gasteiger partial charge in [0, 0.05) is 68.4 Å². The van der Waals surface area contributed by atoms with Gasteiger partial charge in [-0.1, -0.05) is 87.6 Å². The van der Waals surface area contributed by atoms with Crippen molar-refractivity contribution in [3.8, 4) is 11.3 Å². The van der Waals surface area contributed by atoms with Crippen molar-refractivity contribution in [1.82, 2.24) is 4.98 Å². The van der Waals surface area contributed by atoms with Gasteiger partial charge in [0.2, 0.25) is 0 Å². The minimum atomic E-state index is -0.337. The summed E-state index contributed by atoms with van der Waals surface area (Å²) in [7, 11) is 0. The number of nitrogens with zero attached hydrogens (tertiary/aromatic N) is 1. The summed E-state index contributed by atoms with van der Waals surface area (Å²) in [5, 5.41) is 18.4. The molecule has 0 amide bonds. The minimum absolute atomic E-state index is 0. The first-order chi connectivity index (χ1) is 23.5. The SMILES string of the molecule is C=CSc1c[c-]c(-c2nccc3c2sc2cc4scc(CC(C)C)c4cc23)cc1C(C)(C)C.CCC(C)(CC)C(=O)/C=C(\O)C(C)(CC)CC.[Ir]. The molecule has 3 nitrogen and oxygen atoms in total. The van der Waals surface area contributed by atoms with Crippen molar-refractivity contribution in [3.63, 3.8) is 0 Å². The predicted molar refractivity (Wildman–Crippen MR) is 223 cm³/mol. The standard InChI is InChI=1S/C29H28NS3.C15H28O2.Ir/c1-7-31-24-9-8-18(13-23(24)29(4,5)6)27-28-20(10-11-30-27)22-14-21-19(12-17(2)3)16-32-25(21)15-26(22)33-28;1-7-14(5,8-2)12(16)11-13(17)15(6,9-3)10-4;/h7,9-11,13-17H,1,12H2,2-6H3;11,16H,7-10H2,1-6H3;/q-1;;/b;12-11-;. The van der Waals surface area contributed by atoms with E-state index in [-0.39, 0.29) is 47.9 Å². The van der Waals surface area contributed by atoms with Gasteiger partial charge in [0.15, 0.2) is 5.78 Å². The van der Waals surface area contributed by atoms with Gasteiger partial charge in [-0.15, -0.1) is 52.0 Å². The Balaban J connectivity index is 0.000000335. The molecule has 0 aliphatic heterocycles. The van der Waals surface area contributed by atoms with Crippen LogP contribution in [0.1, 0.15) is 113 Å². The number of allylic oxidation sites excluding steroid dienone is 2. The maximum absolute atomic E-state index is 12.2. The molecule has 277 valence electrons. The fourth-order valence-electron chi connectivity index (χ4n) is 6.14. The van der Waals surface area contributed by atoms with Gasteiger partial charge >= 0.3 is 0 Å². The Hall–Kier alpha value is -2.28. The summed E-state index contributed by atoms with van der Waals surface area (Å²) < 4.78 is 3.96. The Morgan fingerprint density at radius 1 is 0.961 bits per heavy atom. The molecule has 51 heavy (non-hydrogen) atoms. The molecule has 5 rings (SSSR count). The molecule has 1 radical (unpaired) electrons. The molecule has 3 heterocycles. The number of pyridine rings is 1. The fourth-order valence-corrected chi connectivity index (χ4v) is 9.23. The van der Waals surface area contributed by atoms with Crippen LogP contribution in [-0.2, 0) is 36.7 Å². The molecular weight excluding hydrogens is 863 g/mol. The van der Waals surface area contributed by atoms with Crippen LogP contribution in [0.5, 0.6) is 0 Å². The summed E-state index contributed by atoms with van der Waals surface area (Å²) in [5.74, 6) is 0.942. The Bertz CT molecular complexity index is 2000. The number of ketones is 1. The number of carbonyl (C=O) groups excluding carboxylic acids is 1. The van der Waals surface area contributed by atoms with Crippen molar-refractivity contribution in [2.45, 2.75) is 119 Å². The molecule has 0 aliphatic rings. The first-order valence-electron chi connectivity index (χ1n) is 18.1. The normalized spacial score (nSPS) is 12.7. The van der Waals surface area contributed by atoms with E-state index in [4.69, 9.17) is 4.98 Å². The first kappa shape index (κ1) is 43.1. The summed E-state index contributed by atoms with van der Waals surface area (Å²) in [5.41, 5.74) is 4.29. The van der Waals surface area contributed by atoms with Crippen LogP contribution in [-0.4, -0.2) is 15.9 Å². The van der Waals surface area contributed by atoms with Gasteiger partial charge in [-0.2, -0.15) is 11.8 Å². The largest absolute Gasteiger partial charge is 0.512 e. The predicted octanol–water partition coefficient (Wildman–Crippen LogP) is 14.5. The molecule has 0 bridgehead atoms. The molecule has 7 heteroatoms. The van der Waals surface area contributed by atoms with E-state index in [1.807, 2.05) is 75.8 Å². The maximum atomic E-state index is 12.2. The number of hydrogen-bond donors (Lipinski definition) is 1. The third kappa shape index (κ3) is 9.45. The van der Waals surface area contributed by atoms with E-state index in [0.29, 0.717) is 5.92 Å². The summed E-state index contributed by atoms with van der Waals surface area (Å²) >= 11 is 5.38. The van der Waals surface area contributed by atoms with Gasteiger partial charge in [0.25, 0.3) is 0 Å². The number of aromatic nitrogens is 1. The Labute approximate surface area is 332 Å². The number of benzene rings is 2. The molecule has 0 saturated carbocycles. The molecule has 5 aromatic rings. The average molecular weight is 919 g/mol. The number of thioether (sulfide) groups is 1. The Morgan fingerprint density at radius 3 is 2.18 bits per heavy atom. The van der Waals surface area contributed by atoms with Gasteiger partial charge in [0.05, 0.1) is 0 Å². The second-order valence-corrected chi connectivity index (χ2v) is 18.4. The summed E-state index contributed by atoms with van der Waals surface area (Å²) in [6.07, 6.45) is 7.83. The van der Waals surface area contributed by atoms with Crippen LogP contribution in [0.4, 0.5) is 0 Å². The van der Waals surface area contributed by atoms with Gasteiger partial charge in [-0.25, -0.2) is 0 Å². The second-order valence-electron chi connectivity index (χ2n) is 15.4. The molecule has 0 saturated heterocycles. The maximum Gasteiger partial charge on any atom is 0.164 e. The molecule has 2 aromatic carbocycles. The molecule has 0 unspecified atom stereocenters. The van der Waals surface area contributed by atoms with E-state index in [1.165, 1.54) is 52.4 Å². The van der Waals surface area contributed by atoms with Crippen molar-refractivity contribution in [2.24, 2.45) is 16.7 Å². The molecule has 0 aliphatic carbocycles. The van der Waals surface area contributed by atoms with Crippen LogP contribution in [0.25, 0.3) is 41.5 Å². The topological polar surface area (TPSA) is 50.2 Å². The summed E-state index contributed by atoms with van der Waals surface area (Å²) in [4.78, 5) is 18.2. The Morgan fingerprint density at radius 2 is 1.61 bits per heavy atom. The molecule has 3 aromatic heterocycles. The zero-order valence-corrected chi connectivity index (χ0v) is 37.2. The van der Waals surface area contributed by atoms with E-state index >= 15 is 0 Å². The van der Waals surface area contributed by atoms with Crippen molar-refractivity contribution >= 4 is 70.5 Å². The van der Waals surface area contributed by atoms with Crippen LogP contribution < -0.4 is 0 Å². The van der Waals surface area contributed by atoms with Crippen molar-refractivity contribution in [2.75, 3.05) is 0 Å². The quantitative estimate of drug-likeness (QED) is 0.0586. The van der Waals surface area contributed by atoms with E-state index in [9.17, 15) is 9.90 Å². The third-order valence-electron chi connectivity index (χ3n) is 10.6. The molecule has 0 spiro atoms. The van der Waals surface area contributed by atoms with E-state index in [1.54, 1.807) is 11.8 Å². The van der Waals surface area contributed by atoms with Crippen LogP contribution in [0.3, 0.4) is 0 Å². The molecule has 0 fully saturated rings. The third-order valence-corrected chi connectivity index (χ3v) is 13.5. The van der Waals surface area contributed by atoms with Gasteiger partial charge < -0.3 is 10.1 Å². The minimum Gasteiger partial charge on any atom is -0.512 e. The van der Waals surface area contributed by atoms with E-state index in [0.717, 1.165) is 43.4 Å². The second kappa shape index (κ2) is 17.7. The zero-order valence-electron chi connectivity index (χ0n) is 32.4. The van der Waals surface area contributed by atoms with Crippen LogP contribution in [0, 0.1) is 22.8 Å². The number of rotatable bonds is 12. The van der Waals surface area contributed by atoms with Crippen LogP contribution in [0.15, 0.2) is 70.6 Å². The molecule has 0 atom stereocenters. The number of aliphatic hydroxyl groups excluding tert-OH is 1. The van der Waals surface area contributed by atoms with Crippen molar-refractivity contribution < 1.29 is 30.0 Å². The Kier molecular flexibility index (Phi) is 15.0. The van der Waals surface area contributed by atoms with Crippen molar-refractivity contribution in [1.29, 1.82) is 0 Å². The molecule has 1 N–H and O–H groups in total. The van der Waals surface area contributed by atoms with Crippen LogP contribution in [0.2, 0.25) is 0 Å². The zero-order chi connectivity index (χ0) is 37.0. The summed E-state index contributed by atoms with van der Waals surface area (Å²) in [6, 6.07) is 14.9.